The van der Waals surface area contributed by atoms with Gasteiger partial charge in [0.15, 0.2) is 0 Å². The van der Waals surface area contributed by atoms with Gasteiger partial charge in [0.1, 0.15) is 5.78 Å². The smallest absolute Gasteiger partial charge is 0.137 e. The van der Waals surface area contributed by atoms with Gasteiger partial charge in [-0.05, 0) is 23.6 Å². The van der Waals surface area contributed by atoms with E-state index in [1.54, 1.807) is 12.4 Å². The number of carbonyl (C=O) groups is 1. The Morgan fingerprint density at radius 3 is 2.41 bits per heavy atom. The van der Waals surface area contributed by atoms with Crippen molar-refractivity contribution in [3.05, 3.63) is 30.1 Å². The van der Waals surface area contributed by atoms with Crippen LogP contribution in [-0.4, -0.2) is 10.8 Å². The van der Waals surface area contributed by atoms with Gasteiger partial charge in [-0.1, -0.05) is 38.5 Å². The zero-order valence-electron chi connectivity index (χ0n) is 10.4. The number of nitrogens with zero attached hydrogens (tertiary/aromatic N) is 1. The maximum absolute atomic E-state index is 12.0. The molecule has 0 aromatic carbocycles. The van der Waals surface area contributed by atoms with Gasteiger partial charge in [-0.2, -0.15) is 0 Å². The van der Waals surface area contributed by atoms with Crippen molar-refractivity contribution in [3.63, 3.8) is 0 Å². The Kier molecular flexibility index (Phi) is 4.72. The first-order valence-electron chi connectivity index (χ1n) is 6.75. The summed E-state index contributed by atoms with van der Waals surface area (Å²) in [5.41, 5.74) is 1.10. The monoisotopic (exact) mass is 231 g/mol. The van der Waals surface area contributed by atoms with Gasteiger partial charge < -0.3 is 0 Å². The summed E-state index contributed by atoms with van der Waals surface area (Å²) >= 11 is 0. The predicted octanol–water partition coefficient (Wildman–Crippen LogP) is 3.55. The van der Waals surface area contributed by atoms with Crippen LogP contribution in [0.15, 0.2) is 24.5 Å². The topological polar surface area (TPSA) is 30.0 Å². The number of pyridine rings is 1. The molecule has 2 nitrogen and oxygen atoms in total. The molecule has 1 aliphatic rings. The Morgan fingerprint density at radius 2 is 1.76 bits per heavy atom. The highest BCUT2D eigenvalue weighted by molar-refractivity contribution is 5.81. The van der Waals surface area contributed by atoms with Crippen LogP contribution in [0.1, 0.15) is 50.5 Å². The van der Waals surface area contributed by atoms with E-state index in [0.717, 1.165) is 12.0 Å². The fourth-order valence-electron chi connectivity index (χ4n) is 2.69. The molecule has 1 heterocycles. The van der Waals surface area contributed by atoms with Crippen molar-refractivity contribution in [2.45, 2.75) is 51.4 Å². The number of aromatic nitrogens is 1. The maximum atomic E-state index is 12.0. The van der Waals surface area contributed by atoms with E-state index in [0.29, 0.717) is 18.1 Å². The lowest BCUT2D eigenvalue weighted by Gasteiger charge is -2.12. The SMILES string of the molecule is O=C(Cc1ccncc1)CC1CCCCCC1. The fraction of sp³-hybridized carbons (Fsp3) is 0.600. The molecule has 0 aliphatic heterocycles. The van der Waals surface area contributed by atoms with Crippen LogP contribution in [0.2, 0.25) is 0 Å². The molecule has 2 heteroatoms. The molecule has 1 fully saturated rings. The second kappa shape index (κ2) is 6.53. The Bertz CT molecular complexity index is 339. The number of Topliss-reactive ketones (excluding diaryl/α,β-unsaturated/α-hetero) is 1. The molecule has 0 spiro atoms. The van der Waals surface area contributed by atoms with E-state index >= 15 is 0 Å². The van der Waals surface area contributed by atoms with Gasteiger partial charge in [-0.3, -0.25) is 9.78 Å². The summed E-state index contributed by atoms with van der Waals surface area (Å²) in [4.78, 5) is 15.9. The highest BCUT2D eigenvalue weighted by atomic mass is 16.1. The van der Waals surface area contributed by atoms with Gasteiger partial charge in [0, 0.05) is 25.2 Å². The summed E-state index contributed by atoms with van der Waals surface area (Å²) in [6.45, 7) is 0. The van der Waals surface area contributed by atoms with Crippen molar-refractivity contribution >= 4 is 5.78 Å². The molecule has 1 saturated carbocycles. The third-order valence-electron chi connectivity index (χ3n) is 3.64. The van der Waals surface area contributed by atoms with Crippen molar-refractivity contribution in [3.8, 4) is 0 Å². The Balaban J connectivity index is 1.80. The lowest BCUT2D eigenvalue weighted by atomic mass is 9.92. The summed E-state index contributed by atoms with van der Waals surface area (Å²) in [6, 6.07) is 3.87. The van der Waals surface area contributed by atoms with E-state index < -0.39 is 0 Å². The van der Waals surface area contributed by atoms with E-state index in [-0.39, 0.29) is 0 Å². The minimum Gasteiger partial charge on any atom is -0.299 e. The van der Waals surface area contributed by atoms with Crippen molar-refractivity contribution < 1.29 is 4.79 Å². The molecule has 1 aliphatic carbocycles. The molecule has 0 unspecified atom stereocenters. The molecule has 0 saturated heterocycles. The normalized spacial score (nSPS) is 17.6. The van der Waals surface area contributed by atoms with Crippen LogP contribution in [0.5, 0.6) is 0 Å². The molecule has 0 atom stereocenters. The minimum atomic E-state index is 0.392. The first kappa shape index (κ1) is 12.3. The quantitative estimate of drug-likeness (QED) is 0.742. The molecular weight excluding hydrogens is 210 g/mol. The van der Waals surface area contributed by atoms with Crippen LogP contribution in [0.3, 0.4) is 0 Å². The third-order valence-corrected chi connectivity index (χ3v) is 3.64. The van der Waals surface area contributed by atoms with Crippen molar-refractivity contribution in [2.75, 3.05) is 0 Å². The average molecular weight is 231 g/mol. The summed E-state index contributed by atoms with van der Waals surface area (Å²) in [5.74, 6) is 1.04. The Hall–Kier alpha value is -1.18. The zero-order valence-corrected chi connectivity index (χ0v) is 10.4. The van der Waals surface area contributed by atoms with Crippen molar-refractivity contribution in [1.29, 1.82) is 0 Å². The van der Waals surface area contributed by atoms with Gasteiger partial charge in [0.05, 0.1) is 0 Å². The van der Waals surface area contributed by atoms with E-state index in [1.807, 2.05) is 12.1 Å². The summed E-state index contributed by atoms with van der Waals surface area (Å²) < 4.78 is 0. The summed E-state index contributed by atoms with van der Waals surface area (Å²) in [5, 5.41) is 0. The van der Waals surface area contributed by atoms with E-state index in [4.69, 9.17) is 0 Å². The number of hydrogen-bond donors (Lipinski definition) is 0. The Morgan fingerprint density at radius 1 is 1.12 bits per heavy atom. The largest absolute Gasteiger partial charge is 0.299 e. The standard InChI is InChI=1S/C15H21NO/c17-15(12-14-7-9-16-10-8-14)11-13-5-3-1-2-4-6-13/h7-10,13H,1-6,11-12H2. The van der Waals surface area contributed by atoms with Crippen LogP contribution in [0.4, 0.5) is 0 Å². The van der Waals surface area contributed by atoms with Crippen LogP contribution in [-0.2, 0) is 11.2 Å². The van der Waals surface area contributed by atoms with Crippen LogP contribution in [0, 0.1) is 5.92 Å². The number of carbonyl (C=O) groups excluding carboxylic acids is 1. The molecule has 0 N–H and O–H groups in total. The van der Waals surface area contributed by atoms with Crippen LogP contribution >= 0.6 is 0 Å². The van der Waals surface area contributed by atoms with E-state index in [9.17, 15) is 4.79 Å². The first-order valence-corrected chi connectivity index (χ1v) is 6.75. The van der Waals surface area contributed by atoms with Crippen LogP contribution < -0.4 is 0 Å². The fourth-order valence-corrected chi connectivity index (χ4v) is 2.69. The molecule has 0 bridgehead atoms. The lowest BCUT2D eigenvalue weighted by Crippen LogP contribution is -2.10. The molecule has 0 radical (unpaired) electrons. The van der Waals surface area contributed by atoms with Crippen molar-refractivity contribution in [2.24, 2.45) is 5.92 Å². The summed E-state index contributed by atoms with van der Waals surface area (Å²) in [7, 11) is 0. The molecule has 92 valence electrons. The molecule has 17 heavy (non-hydrogen) atoms. The molecular formula is C15H21NO. The van der Waals surface area contributed by atoms with Crippen LogP contribution in [0.25, 0.3) is 0 Å². The van der Waals surface area contributed by atoms with E-state index in [1.165, 1.54) is 38.5 Å². The van der Waals surface area contributed by atoms with Crippen molar-refractivity contribution in [1.82, 2.24) is 4.98 Å². The number of hydrogen-bond acceptors (Lipinski definition) is 2. The number of rotatable bonds is 4. The third kappa shape index (κ3) is 4.29. The average Bonchev–Trinajstić information content (AvgIpc) is 2.59. The van der Waals surface area contributed by atoms with Gasteiger partial charge in [-0.15, -0.1) is 0 Å². The second-order valence-electron chi connectivity index (χ2n) is 5.13. The molecule has 0 amide bonds. The van der Waals surface area contributed by atoms with Gasteiger partial charge in [-0.25, -0.2) is 0 Å². The van der Waals surface area contributed by atoms with E-state index in [2.05, 4.69) is 4.98 Å². The van der Waals surface area contributed by atoms with Gasteiger partial charge in [0.25, 0.3) is 0 Å². The minimum absolute atomic E-state index is 0.392. The molecule has 2 rings (SSSR count). The summed E-state index contributed by atoms with van der Waals surface area (Å²) in [6.07, 6.45) is 12.7. The second-order valence-corrected chi connectivity index (χ2v) is 5.13. The Labute approximate surface area is 103 Å². The zero-order chi connectivity index (χ0) is 11.9. The van der Waals surface area contributed by atoms with Gasteiger partial charge >= 0.3 is 0 Å². The highest BCUT2D eigenvalue weighted by Crippen LogP contribution is 2.25. The number of ketones is 1. The highest BCUT2D eigenvalue weighted by Gasteiger charge is 2.16. The lowest BCUT2D eigenvalue weighted by molar-refractivity contribution is -0.119. The predicted molar refractivity (Wildman–Crippen MR) is 68.8 cm³/mol. The molecule has 1 aromatic rings. The molecule has 1 aromatic heterocycles. The maximum Gasteiger partial charge on any atom is 0.137 e. The first-order chi connectivity index (χ1) is 8.34. The van der Waals surface area contributed by atoms with Gasteiger partial charge in [0.2, 0.25) is 0 Å².